The number of benzene rings is 3. The average molecular weight is 367 g/mol. The van der Waals surface area contributed by atoms with Gasteiger partial charge in [-0.1, -0.05) is 42.5 Å². The molecular weight excluding hydrogens is 350 g/mol. The zero-order chi connectivity index (χ0) is 18.5. The highest BCUT2D eigenvalue weighted by molar-refractivity contribution is 5.82. The van der Waals surface area contributed by atoms with E-state index in [1.165, 1.54) is 0 Å². The molecule has 0 saturated carbocycles. The average Bonchev–Trinajstić information content (AvgIpc) is 3.30. The van der Waals surface area contributed by atoms with Crippen LogP contribution in [0.3, 0.4) is 0 Å². The van der Waals surface area contributed by atoms with Gasteiger partial charge < -0.3 is 9.47 Å². The number of hydrogen-bond donors (Lipinski definition) is 0. The lowest BCUT2D eigenvalue weighted by atomic mass is 10.1. The summed E-state index contributed by atoms with van der Waals surface area (Å²) in [5, 5.41) is 0. The van der Waals surface area contributed by atoms with Gasteiger partial charge in [0, 0.05) is 17.8 Å². The van der Waals surface area contributed by atoms with Gasteiger partial charge >= 0.3 is 0 Å². The van der Waals surface area contributed by atoms with E-state index in [-0.39, 0.29) is 0 Å². The molecule has 1 aliphatic rings. The summed E-state index contributed by atoms with van der Waals surface area (Å²) in [6.07, 6.45) is 2.15. The summed E-state index contributed by atoms with van der Waals surface area (Å²) in [6.45, 7) is 1.15. The van der Waals surface area contributed by atoms with Crippen LogP contribution in [0.15, 0.2) is 79.0 Å². The van der Waals surface area contributed by atoms with Gasteiger partial charge in [0.2, 0.25) is 5.78 Å². The van der Waals surface area contributed by atoms with Gasteiger partial charge in [0.05, 0.1) is 22.4 Å². The fourth-order valence-electron chi connectivity index (χ4n) is 3.84. The quantitative estimate of drug-likeness (QED) is 0.453. The van der Waals surface area contributed by atoms with Gasteiger partial charge in [-0.3, -0.25) is 8.97 Å². The molecule has 0 N–H and O–H groups in total. The maximum absolute atomic E-state index is 5.81. The smallest absolute Gasteiger partial charge is 0.220 e. The van der Waals surface area contributed by atoms with Crippen LogP contribution in [-0.4, -0.2) is 27.2 Å². The maximum atomic E-state index is 5.81. The van der Waals surface area contributed by atoms with Gasteiger partial charge in [-0.2, -0.15) is 0 Å². The number of rotatable bonds is 2. The van der Waals surface area contributed by atoms with Crippen molar-refractivity contribution in [1.82, 2.24) is 14.0 Å². The molecule has 3 aromatic carbocycles. The zero-order valence-electron chi connectivity index (χ0n) is 15.1. The number of imidazole rings is 2. The third kappa shape index (κ3) is 2.23. The van der Waals surface area contributed by atoms with Crippen molar-refractivity contribution in [3.05, 3.63) is 79.0 Å². The highest BCUT2D eigenvalue weighted by atomic mass is 16.6. The molecule has 0 atom stereocenters. The Morgan fingerprint density at radius 2 is 1.57 bits per heavy atom. The molecule has 5 aromatic rings. The lowest BCUT2D eigenvalue weighted by Gasteiger charge is -2.19. The zero-order valence-corrected chi connectivity index (χ0v) is 15.1. The highest BCUT2D eigenvalue weighted by Crippen LogP contribution is 2.35. The van der Waals surface area contributed by atoms with E-state index in [1.54, 1.807) is 0 Å². The summed E-state index contributed by atoms with van der Waals surface area (Å²) in [5.41, 5.74) is 5.26. The number of para-hydroxylation sites is 2. The van der Waals surface area contributed by atoms with Crippen LogP contribution in [0.5, 0.6) is 11.5 Å². The van der Waals surface area contributed by atoms with Crippen molar-refractivity contribution in [3.8, 4) is 28.4 Å². The van der Waals surface area contributed by atoms with Crippen molar-refractivity contribution in [2.45, 2.75) is 0 Å². The summed E-state index contributed by atoms with van der Waals surface area (Å²) in [5.74, 6) is 2.43. The molecule has 0 radical (unpaired) electrons. The van der Waals surface area contributed by atoms with Gasteiger partial charge in [0.15, 0.2) is 11.5 Å². The topological polar surface area (TPSA) is 40.7 Å². The Labute approximate surface area is 161 Å². The Morgan fingerprint density at radius 1 is 0.786 bits per heavy atom. The molecule has 0 unspecified atom stereocenters. The first-order chi connectivity index (χ1) is 13.9. The summed E-state index contributed by atoms with van der Waals surface area (Å²) in [6, 6.07) is 24.6. The number of nitrogens with zero attached hydrogens (tertiary/aromatic N) is 3. The standard InChI is InChI=1S/C23H17N3O2/c1-2-6-16(7-3-1)20-15-25-19-9-5-4-8-18(19)24-23(25)26(20)17-10-11-21-22(14-17)28-13-12-27-21/h1-11,14-15H,12-13H2. The Balaban J connectivity index is 1.67. The van der Waals surface area contributed by atoms with E-state index >= 15 is 0 Å². The van der Waals surface area contributed by atoms with Gasteiger partial charge in [-0.05, 0) is 24.3 Å². The van der Waals surface area contributed by atoms with Crippen molar-refractivity contribution in [2.75, 3.05) is 13.2 Å². The van der Waals surface area contributed by atoms with Gasteiger partial charge in [0.1, 0.15) is 13.2 Å². The molecule has 0 aliphatic carbocycles. The predicted molar refractivity (Wildman–Crippen MR) is 108 cm³/mol. The lowest BCUT2D eigenvalue weighted by Crippen LogP contribution is -2.15. The Kier molecular flexibility index (Phi) is 3.23. The normalized spacial score (nSPS) is 13.3. The Morgan fingerprint density at radius 3 is 2.46 bits per heavy atom. The van der Waals surface area contributed by atoms with Crippen molar-refractivity contribution in [2.24, 2.45) is 0 Å². The van der Waals surface area contributed by atoms with Crippen LogP contribution in [0.2, 0.25) is 0 Å². The number of ether oxygens (including phenoxy) is 2. The van der Waals surface area contributed by atoms with Gasteiger partial charge in [0.25, 0.3) is 0 Å². The van der Waals surface area contributed by atoms with Crippen molar-refractivity contribution in [3.63, 3.8) is 0 Å². The van der Waals surface area contributed by atoms with E-state index in [4.69, 9.17) is 14.5 Å². The largest absolute Gasteiger partial charge is 0.486 e. The molecule has 0 amide bonds. The third-order valence-electron chi connectivity index (χ3n) is 5.12. The monoisotopic (exact) mass is 367 g/mol. The molecule has 0 fully saturated rings. The SMILES string of the molecule is c1ccc(-c2cn3c4ccccc4nc3n2-c2ccc3c(c2)OCCO3)cc1. The Bertz CT molecular complexity index is 1320. The van der Waals surface area contributed by atoms with Gasteiger partial charge in [-0.25, -0.2) is 4.98 Å². The van der Waals surface area contributed by atoms with Crippen molar-refractivity contribution < 1.29 is 9.47 Å². The van der Waals surface area contributed by atoms with E-state index in [2.05, 4.69) is 51.6 Å². The van der Waals surface area contributed by atoms with E-state index in [0.717, 1.165) is 45.3 Å². The van der Waals surface area contributed by atoms with Crippen LogP contribution in [0.1, 0.15) is 0 Å². The first-order valence-corrected chi connectivity index (χ1v) is 9.32. The minimum Gasteiger partial charge on any atom is -0.486 e. The van der Waals surface area contributed by atoms with E-state index in [1.807, 2.05) is 36.4 Å². The van der Waals surface area contributed by atoms with Crippen LogP contribution >= 0.6 is 0 Å². The Hall–Kier alpha value is -3.73. The van der Waals surface area contributed by atoms with E-state index in [0.29, 0.717) is 13.2 Å². The first-order valence-electron chi connectivity index (χ1n) is 9.32. The second-order valence-electron chi connectivity index (χ2n) is 6.81. The minimum atomic E-state index is 0.566. The fraction of sp³-hybridized carbons (Fsp3) is 0.0870. The van der Waals surface area contributed by atoms with Crippen LogP contribution < -0.4 is 9.47 Å². The first kappa shape index (κ1) is 15.3. The van der Waals surface area contributed by atoms with Crippen molar-refractivity contribution in [1.29, 1.82) is 0 Å². The fourth-order valence-corrected chi connectivity index (χ4v) is 3.84. The van der Waals surface area contributed by atoms with E-state index < -0.39 is 0 Å². The highest BCUT2D eigenvalue weighted by Gasteiger charge is 2.19. The molecule has 5 heteroatoms. The summed E-state index contributed by atoms with van der Waals surface area (Å²) < 4.78 is 15.8. The second-order valence-corrected chi connectivity index (χ2v) is 6.81. The molecule has 1 aliphatic heterocycles. The molecule has 28 heavy (non-hydrogen) atoms. The number of fused-ring (bicyclic) bond motifs is 4. The van der Waals surface area contributed by atoms with Crippen LogP contribution in [0.4, 0.5) is 0 Å². The van der Waals surface area contributed by atoms with Crippen LogP contribution in [-0.2, 0) is 0 Å². The number of aromatic nitrogens is 3. The van der Waals surface area contributed by atoms with E-state index in [9.17, 15) is 0 Å². The molecule has 5 nitrogen and oxygen atoms in total. The van der Waals surface area contributed by atoms with Crippen molar-refractivity contribution >= 4 is 16.8 Å². The van der Waals surface area contributed by atoms with Gasteiger partial charge in [-0.15, -0.1) is 0 Å². The molecule has 0 spiro atoms. The summed E-state index contributed by atoms with van der Waals surface area (Å²) in [4.78, 5) is 4.90. The molecular formula is C23H17N3O2. The third-order valence-corrected chi connectivity index (χ3v) is 5.12. The molecule has 6 rings (SSSR count). The summed E-state index contributed by atoms with van der Waals surface area (Å²) >= 11 is 0. The molecule has 136 valence electrons. The maximum Gasteiger partial charge on any atom is 0.220 e. The molecule has 3 heterocycles. The van der Waals surface area contributed by atoms with Crippen LogP contribution in [0.25, 0.3) is 33.8 Å². The molecule has 2 aromatic heterocycles. The lowest BCUT2D eigenvalue weighted by molar-refractivity contribution is 0.171. The number of hydrogen-bond acceptors (Lipinski definition) is 3. The predicted octanol–water partition coefficient (Wildman–Crippen LogP) is 4.72. The van der Waals surface area contributed by atoms with Crippen LogP contribution in [0, 0.1) is 0 Å². The molecule has 0 bridgehead atoms. The minimum absolute atomic E-state index is 0.566. The second kappa shape index (κ2) is 5.89. The summed E-state index contributed by atoms with van der Waals surface area (Å²) in [7, 11) is 0. The molecule has 0 saturated heterocycles.